The summed E-state index contributed by atoms with van der Waals surface area (Å²) in [6, 6.07) is 8.55. The Hall–Kier alpha value is -2.67. The fraction of sp³-hybridized carbons (Fsp3) is 0.676. The summed E-state index contributed by atoms with van der Waals surface area (Å²) in [5, 5.41) is 17.3. The van der Waals surface area contributed by atoms with E-state index in [-0.39, 0.29) is 24.0 Å². The molecule has 1 aromatic carbocycles. The lowest BCUT2D eigenvalue weighted by molar-refractivity contribution is -0.147. The number of nitrogens with zero attached hydrogens (tertiary/aromatic N) is 1. The van der Waals surface area contributed by atoms with Crippen molar-refractivity contribution in [3.63, 3.8) is 0 Å². The number of alkyl carbamates (subject to hydrolysis) is 1. The Labute approximate surface area is 245 Å². The van der Waals surface area contributed by atoms with E-state index < -0.39 is 18.1 Å². The van der Waals surface area contributed by atoms with Crippen molar-refractivity contribution < 1.29 is 24.3 Å². The van der Waals surface area contributed by atoms with Crippen molar-refractivity contribution in [2.45, 2.75) is 105 Å². The van der Waals surface area contributed by atoms with Crippen LogP contribution >= 0.6 is 0 Å². The van der Waals surface area contributed by atoms with Gasteiger partial charge in [0, 0.05) is 0 Å². The van der Waals surface area contributed by atoms with Gasteiger partial charge in [-0.25, -0.2) is 9.59 Å². The van der Waals surface area contributed by atoms with Gasteiger partial charge in [0.2, 0.25) is 0 Å². The second-order valence-corrected chi connectivity index (χ2v) is 13.9. The van der Waals surface area contributed by atoms with E-state index in [9.17, 15) is 14.7 Å². The van der Waals surface area contributed by atoms with Gasteiger partial charge in [-0.3, -0.25) is 0 Å². The van der Waals surface area contributed by atoms with Crippen LogP contribution in [-0.2, 0) is 21.0 Å². The number of aliphatic hydroxyl groups excluding tert-OH is 1. The lowest BCUT2D eigenvalue weighted by Crippen LogP contribution is -2.53. The number of hydrogen-bond acceptors (Lipinski definition) is 6. The Kier molecular flexibility index (Phi) is 8.66. The summed E-state index contributed by atoms with van der Waals surface area (Å²) in [4.78, 5) is 30.9. The summed E-state index contributed by atoms with van der Waals surface area (Å²) in [5.41, 5.74) is 3.19. The maximum Gasteiger partial charge on any atom is 0.408 e. The van der Waals surface area contributed by atoms with E-state index in [1.165, 1.54) is 24.8 Å². The van der Waals surface area contributed by atoms with E-state index in [1.54, 1.807) is 0 Å². The smallest absolute Gasteiger partial charge is 0.408 e. The predicted molar refractivity (Wildman–Crippen MR) is 159 cm³/mol. The van der Waals surface area contributed by atoms with Crippen LogP contribution in [0.3, 0.4) is 0 Å². The molecule has 0 bridgehead atoms. The first-order valence-electron chi connectivity index (χ1n) is 15.6. The van der Waals surface area contributed by atoms with Crippen LogP contribution in [0.25, 0.3) is 0 Å². The van der Waals surface area contributed by atoms with Crippen molar-refractivity contribution in [1.82, 2.24) is 5.32 Å². The molecule has 7 nitrogen and oxygen atoms in total. The number of rotatable bonds is 7. The maximum absolute atomic E-state index is 13.0. The minimum absolute atomic E-state index is 0.0233. The van der Waals surface area contributed by atoms with Crippen LogP contribution in [0.15, 0.2) is 47.1 Å². The SMILES string of the molecule is C/C(=N\OC(=O)[C@@H](NC(=O)OCc1ccccc1)C(C)C)C1=CC[C@H]2[C@@H]3CC[C@H]4C[C@@H](O)CC[C@]4(C)[C@H]3CC[C@]12C. The molecule has 7 heteroatoms. The van der Waals surface area contributed by atoms with Gasteiger partial charge in [0.1, 0.15) is 12.6 Å². The average molecular weight is 565 g/mol. The summed E-state index contributed by atoms with van der Waals surface area (Å²) in [5.74, 6) is 1.84. The number of nitrogens with one attached hydrogen (secondary N) is 1. The van der Waals surface area contributed by atoms with E-state index >= 15 is 0 Å². The molecule has 41 heavy (non-hydrogen) atoms. The largest absolute Gasteiger partial charge is 0.445 e. The third-order valence-corrected chi connectivity index (χ3v) is 11.3. The molecule has 3 fully saturated rings. The molecule has 224 valence electrons. The van der Waals surface area contributed by atoms with Crippen molar-refractivity contribution in [3.8, 4) is 0 Å². The first-order valence-corrected chi connectivity index (χ1v) is 15.6. The molecule has 3 saturated carbocycles. The maximum atomic E-state index is 13.0. The summed E-state index contributed by atoms with van der Waals surface area (Å²) < 4.78 is 5.31. The number of allylic oxidation sites excluding steroid dienone is 2. The zero-order chi connectivity index (χ0) is 29.4. The highest BCUT2D eigenvalue weighted by molar-refractivity contribution is 6.00. The Morgan fingerprint density at radius 3 is 2.56 bits per heavy atom. The number of hydrogen-bond donors (Lipinski definition) is 2. The van der Waals surface area contributed by atoms with Gasteiger partial charge in [-0.2, -0.15) is 0 Å². The number of fused-ring (bicyclic) bond motifs is 5. The third-order valence-electron chi connectivity index (χ3n) is 11.3. The molecule has 2 N–H and O–H groups in total. The lowest BCUT2D eigenvalue weighted by atomic mass is 9.44. The van der Waals surface area contributed by atoms with Crippen molar-refractivity contribution in [1.29, 1.82) is 0 Å². The van der Waals surface area contributed by atoms with Crippen LogP contribution in [0, 0.1) is 40.4 Å². The van der Waals surface area contributed by atoms with Gasteiger partial charge in [0.25, 0.3) is 0 Å². The molecule has 5 rings (SSSR count). The number of ether oxygens (including phenoxy) is 1. The molecular weight excluding hydrogens is 516 g/mol. The van der Waals surface area contributed by atoms with E-state index in [4.69, 9.17) is 9.57 Å². The molecule has 0 heterocycles. The topological polar surface area (TPSA) is 97.2 Å². The van der Waals surface area contributed by atoms with Crippen molar-refractivity contribution in [3.05, 3.63) is 47.5 Å². The molecule has 4 aliphatic rings. The average Bonchev–Trinajstić information content (AvgIpc) is 3.31. The van der Waals surface area contributed by atoms with Gasteiger partial charge in [-0.1, -0.05) is 69.3 Å². The van der Waals surface area contributed by atoms with Crippen molar-refractivity contribution in [2.75, 3.05) is 0 Å². The Morgan fingerprint density at radius 2 is 1.83 bits per heavy atom. The van der Waals surface area contributed by atoms with E-state index in [2.05, 4.69) is 30.4 Å². The lowest BCUT2D eigenvalue weighted by Gasteiger charge is -2.60. The number of benzene rings is 1. The van der Waals surface area contributed by atoms with Gasteiger partial charge < -0.3 is 20.0 Å². The van der Waals surface area contributed by atoms with E-state index in [0.717, 1.165) is 43.4 Å². The van der Waals surface area contributed by atoms with Gasteiger partial charge in [0.15, 0.2) is 0 Å². The first-order chi connectivity index (χ1) is 19.5. The summed E-state index contributed by atoms with van der Waals surface area (Å²) in [6.07, 6.45) is 10.4. The fourth-order valence-corrected chi connectivity index (χ4v) is 8.97. The molecule has 0 radical (unpaired) electrons. The van der Waals surface area contributed by atoms with Crippen LogP contribution in [0.2, 0.25) is 0 Å². The van der Waals surface area contributed by atoms with Gasteiger partial charge in [0.05, 0.1) is 11.8 Å². The number of oxime groups is 1. The Morgan fingerprint density at radius 1 is 1.07 bits per heavy atom. The standard InChI is InChI=1S/C34H48N2O5/c1-21(2)30(35-32(39)40-20-23-9-7-6-8-10-23)31(38)41-36-22(3)27-13-14-28-26-12-11-24-19-25(37)15-17-33(24,4)29(26)16-18-34(27,28)5/h6-10,13,21,24-26,28-30,37H,11-12,14-20H2,1-5H3,(H,35,39)/b36-22+/t24-,25-,26-,28-,29-,30-,33-,34+/m0/s1. The van der Waals surface area contributed by atoms with Gasteiger partial charge >= 0.3 is 12.1 Å². The fourth-order valence-electron chi connectivity index (χ4n) is 8.97. The number of aliphatic hydroxyl groups is 1. The minimum Gasteiger partial charge on any atom is -0.445 e. The normalized spacial score (nSPS) is 35.4. The van der Waals surface area contributed by atoms with E-state index in [0.29, 0.717) is 29.1 Å². The zero-order valence-corrected chi connectivity index (χ0v) is 25.4. The molecule has 0 unspecified atom stereocenters. The predicted octanol–water partition coefficient (Wildman–Crippen LogP) is 6.80. The summed E-state index contributed by atoms with van der Waals surface area (Å²) in [6.45, 7) is 10.7. The van der Waals surface area contributed by atoms with Gasteiger partial charge in [-0.15, -0.1) is 0 Å². The minimum atomic E-state index is -0.865. The van der Waals surface area contributed by atoms with Crippen LogP contribution in [0.4, 0.5) is 4.79 Å². The molecule has 8 atom stereocenters. The second kappa shape index (κ2) is 11.9. The highest BCUT2D eigenvalue weighted by Crippen LogP contribution is 2.66. The molecule has 0 aromatic heterocycles. The monoisotopic (exact) mass is 564 g/mol. The molecular formula is C34H48N2O5. The second-order valence-electron chi connectivity index (χ2n) is 13.9. The first kappa shape index (κ1) is 29.8. The molecule has 1 aromatic rings. The van der Waals surface area contributed by atoms with E-state index in [1.807, 2.05) is 51.1 Å². The number of amides is 1. The van der Waals surface area contributed by atoms with Crippen LogP contribution in [0.1, 0.15) is 91.5 Å². The molecule has 4 aliphatic carbocycles. The van der Waals surface area contributed by atoms with Crippen LogP contribution in [-0.4, -0.2) is 35.0 Å². The summed E-state index contributed by atoms with van der Waals surface area (Å²) >= 11 is 0. The molecule has 0 spiro atoms. The highest BCUT2D eigenvalue weighted by Gasteiger charge is 2.58. The highest BCUT2D eigenvalue weighted by atomic mass is 16.7. The third kappa shape index (κ3) is 5.84. The number of carbonyl (C=O) groups excluding carboxylic acids is 2. The number of carbonyl (C=O) groups is 2. The quantitative estimate of drug-likeness (QED) is 0.216. The van der Waals surface area contributed by atoms with Crippen LogP contribution < -0.4 is 5.32 Å². The van der Waals surface area contributed by atoms with Gasteiger partial charge in [-0.05, 0) is 110 Å². The molecule has 1 amide bonds. The molecule has 0 aliphatic heterocycles. The van der Waals surface area contributed by atoms with Crippen molar-refractivity contribution >= 4 is 17.8 Å². The summed E-state index contributed by atoms with van der Waals surface area (Å²) in [7, 11) is 0. The molecule has 0 saturated heterocycles. The zero-order valence-electron chi connectivity index (χ0n) is 25.4. The Balaban J connectivity index is 1.20. The van der Waals surface area contributed by atoms with Crippen LogP contribution in [0.5, 0.6) is 0 Å². The van der Waals surface area contributed by atoms with Crippen molar-refractivity contribution in [2.24, 2.45) is 45.6 Å². The Bertz CT molecular complexity index is 1180.